The molecule has 0 atom stereocenters. The van der Waals surface area contributed by atoms with Crippen molar-refractivity contribution in [3.05, 3.63) is 53.9 Å². The van der Waals surface area contributed by atoms with Crippen molar-refractivity contribution in [3.8, 4) is 11.1 Å². The minimum absolute atomic E-state index is 0.405. The van der Waals surface area contributed by atoms with Gasteiger partial charge in [-0.1, -0.05) is 12.1 Å². The maximum absolute atomic E-state index is 10.9. The fourth-order valence-corrected chi connectivity index (χ4v) is 1.55. The molecule has 3 heteroatoms. The Labute approximate surface area is 93.9 Å². The van der Waals surface area contributed by atoms with Crippen LogP contribution in [0.15, 0.2) is 42.6 Å². The van der Waals surface area contributed by atoms with Crippen LogP contribution in [0.3, 0.4) is 0 Å². The van der Waals surface area contributed by atoms with Crippen LogP contribution in [-0.4, -0.2) is 10.9 Å². The van der Waals surface area contributed by atoms with E-state index in [4.69, 9.17) is 5.73 Å². The number of aromatic nitrogens is 1. The van der Waals surface area contributed by atoms with E-state index in [1.54, 1.807) is 18.3 Å². The second kappa shape index (κ2) is 4.14. The molecule has 1 heterocycles. The van der Waals surface area contributed by atoms with Gasteiger partial charge in [-0.25, -0.2) is 0 Å². The zero-order chi connectivity index (χ0) is 11.5. The molecule has 2 rings (SSSR count). The van der Waals surface area contributed by atoms with Crippen molar-refractivity contribution in [1.29, 1.82) is 0 Å². The van der Waals surface area contributed by atoms with Crippen LogP contribution in [0.5, 0.6) is 0 Å². The maximum Gasteiger partial charge on any atom is 0.248 e. The van der Waals surface area contributed by atoms with Gasteiger partial charge >= 0.3 is 0 Å². The van der Waals surface area contributed by atoms with Gasteiger partial charge in [-0.05, 0) is 42.3 Å². The van der Waals surface area contributed by atoms with E-state index < -0.39 is 5.91 Å². The number of pyridine rings is 1. The Morgan fingerprint density at radius 2 is 1.81 bits per heavy atom. The van der Waals surface area contributed by atoms with Gasteiger partial charge in [0.2, 0.25) is 5.91 Å². The lowest BCUT2D eigenvalue weighted by Crippen LogP contribution is -2.10. The number of carbonyl (C=O) groups excluding carboxylic acids is 1. The van der Waals surface area contributed by atoms with Crippen LogP contribution in [-0.2, 0) is 0 Å². The molecule has 0 aliphatic carbocycles. The van der Waals surface area contributed by atoms with Gasteiger partial charge in [0.25, 0.3) is 0 Å². The molecule has 0 fully saturated rings. The predicted molar refractivity (Wildman–Crippen MR) is 62.9 cm³/mol. The van der Waals surface area contributed by atoms with Gasteiger partial charge in [0.1, 0.15) is 0 Å². The Bertz CT molecular complexity index is 518. The number of hydrogen-bond acceptors (Lipinski definition) is 2. The first-order valence-electron chi connectivity index (χ1n) is 5.00. The van der Waals surface area contributed by atoms with Crippen molar-refractivity contribution in [1.82, 2.24) is 4.98 Å². The van der Waals surface area contributed by atoms with Crippen LogP contribution in [0, 0.1) is 6.92 Å². The molecule has 3 nitrogen and oxygen atoms in total. The summed E-state index contributed by atoms with van der Waals surface area (Å²) in [5, 5.41) is 0. The summed E-state index contributed by atoms with van der Waals surface area (Å²) in [5.74, 6) is -0.405. The molecule has 0 aliphatic rings. The molecule has 80 valence electrons. The van der Waals surface area contributed by atoms with Crippen LogP contribution >= 0.6 is 0 Å². The van der Waals surface area contributed by atoms with Crippen LogP contribution in [0.1, 0.15) is 16.1 Å². The molecule has 2 aromatic rings. The second-order valence-electron chi connectivity index (χ2n) is 3.63. The fourth-order valence-electron chi connectivity index (χ4n) is 1.55. The molecule has 2 N–H and O–H groups in total. The van der Waals surface area contributed by atoms with Crippen molar-refractivity contribution in [2.24, 2.45) is 5.73 Å². The summed E-state index contributed by atoms with van der Waals surface area (Å²) < 4.78 is 0. The number of nitrogens with zero attached hydrogens (tertiary/aromatic N) is 1. The Kier molecular flexibility index (Phi) is 2.68. The highest BCUT2D eigenvalue weighted by Gasteiger charge is 2.01. The highest BCUT2D eigenvalue weighted by atomic mass is 16.1. The normalized spacial score (nSPS) is 10.1. The number of aryl methyl sites for hydroxylation is 1. The van der Waals surface area contributed by atoms with Crippen LogP contribution < -0.4 is 5.73 Å². The number of hydrogen-bond donors (Lipinski definition) is 1. The summed E-state index contributed by atoms with van der Waals surface area (Å²) in [6.45, 7) is 1.95. The van der Waals surface area contributed by atoms with Gasteiger partial charge in [-0.3, -0.25) is 9.78 Å². The zero-order valence-electron chi connectivity index (χ0n) is 8.97. The molecule has 0 aliphatic heterocycles. The van der Waals surface area contributed by atoms with Crippen LogP contribution in [0.25, 0.3) is 11.1 Å². The average molecular weight is 212 g/mol. The van der Waals surface area contributed by atoms with Crippen LogP contribution in [0.4, 0.5) is 0 Å². The number of rotatable bonds is 2. The Hall–Kier alpha value is -2.16. The molecular weight excluding hydrogens is 200 g/mol. The number of nitrogens with two attached hydrogens (primary N) is 1. The molecule has 1 aromatic heterocycles. The van der Waals surface area contributed by atoms with Gasteiger partial charge in [0, 0.05) is 17.5 Å². The predicted octanol–water partition coefficient (Wildman–Crippen LogP) is 2.16. The summed E-state index contributed by atoms with van der Waals surface area (Å²) >= 11 is 0. The Balaban J connectivity index is 2.38. The first-order valence-corrected chi connectivity index (χ1v) is 5.00. The third-order valence-electron chi connectivity index (χ3n) is 2.40. The van der Waals surface area contributed by atoms with E-state index in [1.807, 2.05) is 31.2 Å². The van der Waals surface area contributed by atoms with Crippen molar-refractivity contribution in [2.45, 2.75) is 6.92 Å². The number of carbonyl (C=O) groups is 1. The number of amides is 1. The smallest absolute Gasteiger partial charge is 0.248 e. The second-order valence-corrected chi connectivity index (χ2v) is 3.63. The molecule has 0 spiro atoms. The van der Waals surface area contributed by atoms with Gasteiger partial charge < -0.3 is 5.73 Å². The topological polar surface area (TPSA) is 56.0 Å². The first kappa shape index (κ1) is 10.4. The Morgan fingerprint density at radius 3 is 2.38 bits per heavy atom. The maximum atomic E-state index is 10.9. The van der Waals surface area contributed by atoms with Gasteiger partial charge in [0.05, 0.1) is 0 Å². The van der Waals surface area contributed by atoms with E-state index in [0.29, 0.717) is 5.56 Å². The fraction of sp³-hybridized carbons (Fsp3) is 0.0769. The summed E-state index contributed by atoms with van der Waals surface area (Å²) in [6.07, 6.45) is 1.77. The van der Waals surface area contributed by atoms with E-state index >= 15 is 0 Å². The minimum atomic E-state index is -0.405. The lowest BCUT2D eigenvalue weighted by Gasteiger charge is -2.03. The zero-order valence-corrected chi connectivity index (χ0v) is 8.97. The molecule has 16 heavy (non-hydrogen) atoms. The minimum Gasteiger partial charge on any atom is -0.366 e. The van der Waals surface area contributed by atoms with Gasteiger partial charge in [0.15, 0.2) is 0 Å². The van der Waals surface area contributed by atoms with E-state index in [9.17, 15) is 4.79 Å². The third-order valence-corrected chi connectivity index (χ3v) is 2.40. The van der Waals surface area contributed by atoms with Gasteiger partial charge in [-0.2, -0.15) is 0 Å². The molecule has 1 aromatic carbocycles. The summed E-state index contributed by atoms with van der Waals surface area (Å²) in [4.78, 5) is 15.1. The van der Waals surface area contributed by atoms with E-state index in [2.05, 4.69) is 4.98 Å². The lowest BCUT2D eigenvalue weighted by atomic mass is 10.0. The molecule has 0 saturated heterocycles. The summed E-state index contributed by atoms with van der Waals surface area (Å²) in [7, 11) is 0. The van der Waals surface area contributed by atoms with Crippen molar-refractivity contribution < 1.29 is 4.79 Å². The molecule has 0 unspecified atom stereocenters. The molecule has 0 radical (unpaired) electrons. The summed E-state index contributed by atoms with van der Waals surface area (Å²) in [5.41, 5.74) is 8.81. The van der Waals surface area contributed by atoms with Crippen molar-refractivity contribution >= 4 is 5.91 Å². The lowest BCUT2D eigenvalue weighted by molar-refractivity contribution is 0.100. The number of benzene rings is 1. The average Bonchev–Trinajstić information content (AvgIpc) is 2.29. The van der Waals surface area contributed by atoms with E-state index in [-0.39, 0.29) is 0 Å². The quantitative estimate of drug-likeness (QED) is 0.829. The SMILES string of the molecule is Cc1cc(-c2ccc(C(N)=O)cc2)ccn1. The summed E-state index contributed by atoms with van der Waals surface area (Å²) in [6, 6.07) is 11.2. The molecule has 1 amide bonds. The molecule has 0 saturated carbocycles. The number of primary amides is 1. The van der Waals surface area contributed by atoms with Gasteiger partial charge in [-0.15, -0.1) is 0 Å². The van der Waals surface area contributed by atoms with E-state index in [0.717, 1.165) is 16.8 Å². The molecule has 0 bridgehead atoms. The highest BCUT2D eigenvalue weighted by Crippen LogP contribution is 2.19. The highest BCUT2D eigenvalue weighted by molar-refractivity contribution is 5.93. The van der Waals surface area contributed by atoms with Crippen molar-refractivity contribution in [3.63, 3.8) is 0 Å². The first-order chi connectivity index (χ1) is 7.66. The standard InChI is InChI=1S/C13H12N2O/c1-9-8-12(6-7-15-9)10-2-4-11(5-3-10)13(14)16/h2-8H,1H3,(H2,14,16). The Morgan fingerprint density at radius 1 is 1.12 bits per heavy atom. The third kappa shape index (κ3) is 2.08. The largest absolute Gasteiger partial charge is 0.366 e. The van der Waals surface area contributed by atoms with E-state index in [1.165, 1.54) is 0 Å². The van der Waals surface area contributed by atoms with Crippen LogP contribution in [0.2, 0.25) is 0 Å². The molecular formula is C13H12N2O. The van der Waals surface area contributed by atoms with Crippen molar-refractivity contribution in [2.75, 3.05) is 0 Å². The monoisotopic (exact) mass is 212 g/mol.